The lowest BCUT2D eigenvalue weighted by atomic mass is 10.1. The quantitative estimate of drug-likeness (QED) is 0.585. The van der Waals surface area contributed by atoms with Crippen molar-refractivity contribution in [1.29, 1.82) is 0 Å². The highest BCUT2D eigenvalue weighted by Gasteiger charge is 2.33. The van der Waals surface area contributed by atoms with Gasteiger partial charge in [0.25, 0.3) is 0 Å². The molecule has 1 fully saturated rings. The van der Waals surface area contributed by atoms with Gasteiger partial charge in [0, 0.05) is 35.6 Å². The number of anilines is 2. The fourth-order valence-corrected chi connectivity index (χ4v) is 4.84. The van der Waals surface area contributed by atoms with Gasteiger partial charge in [-0.1, -0.05) is 12.1 Å². The summed E-state index contributed by atoms with van der Waals surface area (Å²) in [5.74, 6) is -0.373. The number of thiazole rings is 2. The Bertz CT molecular complexity index is 990. The molecule has 0 radical (unpaired) electrons. The van der Waals surface area contributed by atoms with Crippen molar-refractivity contribution in [2.24, 2.45) is 0 Å². The largest absolute Gasteiger partial charge is 0.573 e. The lowest BCUT2D eigenvalue weighted by molar-refractivity contribution is -0.274. The van der Waals surface area contributed by atoms with Crippen LogP contribution in [0.25, 0.3) is 0 Å². The molecule has 158 valence electrons. The van der Waals surface area contributed by atoms with E-state index in [1.165, 1.54) is 34.8 Å². The molecule has 11 heteroatoms. The molecule has 6 nitrogen and oxygen atoms in total. The second-order valence-corrected chi connectivity index (χ2v) is 8.64. The summed E-state index contributed by atoms with van der Waals surface area (Å²) in [6.07, 6.45) is 0.857. The van der Waals surface area contributed by atoms with Crippen LogP contribution in [0.4, 0.5) is 23.4 Å². The third-order valence-corrected chi connectivity index (χ3v) is 6.26. The molecule has 0 aliphatic carbocycles. The number of halogens is 3. The third-order valence-electron chi connectivity index (χ3n) is 4.54. The summed E-state index contributed by atoms with van der Waals surface area (Å²) in [5.41, 5.74) is 0.816. The summed E-state index contributed by atoms with van der Waals surface area (Å²) in [6, 6.07) is 5.43. The first-order valence-corrected chi connectivity index (χ1v) is 10.8. The van der Waals surface area contributed by atoms with Crippen LogP contribution in [-0.2, 0) is 11.2 Å². The summed E-state index contributed by atoms with van der Waals surface area (Å²) in [7, 11) is 0. The zero-order valence-corrected chi connectivity index (χ0v) is 17.2. The Kier molecular flexibility index (Phi) is 5.91. The van der Waals surface area contributed by atoms with Gasteiger partial charge < -0.3 is 15.0 Å². The molecule has 0 saturated carbocycles. The van der Waals surface area contributed by atoms with Crippen LogP contribution in [-0.4, -0.2) is 34.8 Å². The minimum Gasteiger partial charge on any atom is -0.406 e. The van der Waals surface area contributed by atoms with Crippen LogP contribution < -0.4 is 15.0 Å². The minimum absolute atomic E-state index is 0.114. The molecule has 2 aromatic heterocycles. The van der Waals surface area contributed by atoms with E-state index in [4.69, 9.17) is 0 Å². The Balaban J connectivity index is 1.35. The zero-order chi connectivity index (χ0) is 21.1. The average Bonchev–Trinajstić information content (AvgIpc) is 3.43. The van der Waals surface area contributed by atoms with Gasteiger partial charge in [-0.25, -0.2) is 9.97 Å². The first-order valence-electron chi connectivity index (χ1n) is 9.14. The monoisotopic (exact) mass is 454 g/mol. The van der Waals surface area contributed by atoms with Gasteiger partial charge in [0.15, 0.2) is 10.3 Å². The maximum Gasteiger partial charge on any atom is 0.573 e. The van der Waals surface area contributed by atoms with Crippen LogP contribution >= 0.6 is 22.7 Å². The highest BCUT2D eigenvalue weighted by atomic mass is 32.1. The number of alkyl halides is 3. The predicted octanol–water partition coefficient (Wildman–Crippen LogP) is 4.70. The highest BCUT2D eigenvalue weighted by molar-refractivity contribution is 7.15. The van der Waals surface area contributed by atoms with Crippen molar-refractivity contribution in [2.75, 3.05) is 16.8 Å². The Morgan fingerprint density at radius 2 is 2.07 bits per heavy atom. The van der Waals surface area contributed by atoms with Gasteiger partial charge >= 0.3 is 6.36 Å². The van der Waals surface area contributed by atoms with Crippen LogP contribution in [0, 0.1) is 0 Å². The maximum atomic E-state index is 12.7. The number of aromatic nitrogens is 2. The van der Waals surface area contributed by atoms with Crippen LogP contribution in [0.3, 0.4) is 0 Å². The smallest absolute Gasteiger partial charge is 0.406 e. The van der Waals surface area contributed by atoms with Gasteiger partial charge in [-0.3, -0.25) is 4.79 Å². The second-order valence-electron chi connectivity index (χ2n) is 6.66. The molecule has 1 aliphatic rings. The molecule has 1 aromatic carbocycles. The SMILES string of the molecule is O=C(Nc1ncc(Cc2ccc(OC(F)(F)F)cc2)s1)C1CCCN1c1nccs1. The standard InChI is InChI=1S/C19H17F3N4O2S2/c20-19(21,22)28-13-5-3-12(4-6-13)10-14-11-24-17(30-14)25-16(27)15-2-1-8-26(15)18-23-7-9-29-18/h3-7,9,11,15H,1-2,8,10H2,(H,24,25,27). The number of ether oxygens (including phenoxy) is 1. The van der Waals surface area contributed by atoms with E-state index in [-0.39, 0.29) is 17.7 Å². The molecule has 1 aliphatic heterocycles. The summed E-state index contributed by atoms with van der Waals surface area (Å²) >= 11 is 2.85. The number of carbonyl (C=O) groups is 1. The van der Waals surface area contributed by atoms with Gasteiger partial charge in [-0.15, -0.1) is 35.8 Å². The number of nitrogens with one attached hydrogen (secondary N) is 1. The van der Waals surface area contributed by atoms with Gasteiger partial charge in [-0.05, 0) is 30.5 Å². The molecule has 0 bridgehead atoms. The molecule has 3 heterocycles. The topological polar surface area (TPSA) is 67.3 Å². The zero-order valence-electron chi connectivity index (χ0n) is 15.6. The molecule has 1 saturated heterocycles. The number of amides is 1. The number of benzene rings is 1. The summed E-state index contributed by atoms with van der Waals surface area (Å²) in [4.78, 5) is 24.2. The predicted molar refractivity (Wildman–Crippen MR) is 109 cm³/mol. The second kappa shape index (κ2) is 8.60. The summed E-state index contributed by atoms with van der Waals surface area (Å²) in [5, 5.41) is 6.10. The van der Waals surface area contributed by atoms with Gasteiger partial charge in [-0.2, -0.15) is 0 Å². The molecule has 1 atom stereocenters. The number of nitrogens with zero attached hydrogens (tertiary/aromatic N) is 3. The van der Waals surface area contributed by atoms with Crippen molar-refractivity contribution >= 4 is 38.8 Å². The van der Waals surface area contributed by atoms with Crippen molar-refractivity contribution in [3.8, 4) is 5.75 Å². The number of hydrogen-bond donors (Lipinski definition) is 1. The van der Waals surface area contributed by atoms with Crippen molar-refractivity contribution in [3.05, 3.63) is 52.5 Å². The maximum absolute atomic E-state index is 12.7. The number of hydrogen-bond acceptors (Lipinski definition) is 7. The van der Waals surface area contributed by atoms with Crippen LogP contribution in [0.2, 0.25) is 0 Å². The average molecular weight is 454 g/mol. The summed E-state index contributed by atoms with van der Waals surface area (Å²) in [6.45, 7) is 0.794. The lowest BCUT2D eigenvalue weighted by Crippen LogP contribution is -2.39. The molecule has 0 spiro atoms. The van der Waals surface area contributed by atoms with E-state index in [0.29, 0.717) is 11.6 Å². The van der Waals surface area contributed by atoms with Gasteiger partial charge in [0.05, 0.1) is 0 Å². The minimum atomic E-state index is -4.71. The normalized spacial score (nSPS) is 16.6. The molecule has 1 unspecified atom stereocenters. The lowest BCUT2D eigenvalue weighted by Gasteiger charge is -2.22. The van der Waals surface area contributed by atoms with Crippen LogP contribution in [0.1, 0.15) is 23.3 Å². The van der Waals surface area contributed by atoms with Crippen molar-refractivity contribution in [3.63, 3.8) is 0 Å². The van der Waals surface area contributed by atoms with Gasteiger partial charge in [0.2, 0.25) is 5.91 Å². The first kappa shape index (κ1) is 20.6. The molecular formula is C19H17F3N4O2S2. The Labute approximate surface area is 178 Å². The fraction of sp³-hybridized carbons (Fsp3) is 0.316. The number of rotatable bonds is 6. The Hall–Kier alpha value is -2.66. The molecule has 1 N–H and O–H groups in total. The molecule has 4 rings (SSSR count). The molecule has 3 aromatic rings. The van der Waals surface area contributed by atoms with Gasteiger partial charge in [0.1, 0.15) is 11.8 Å². The highest BCUT2D eigenvalue weighted by Crippen LogP contribution is 2.29. The van der Waals surface area contributed by atoms with Crippen molar-refractivity contribution in [1.82, 2.24) is 9.97 Å². The van der Waals surface area contributed by atoms with E-state index in [2.05, 4.69) is 20.0 Å². The molecule has 30 heavy (non-hydrogen) atoms. The van der Waals surface area contributed by atoms with E-state index < -0.39 is 6.36 Å². The molecular weight excluding hydrogens is 437 g/mol. The Morgan fingerprint density at radius 3 is 2.77 bits per heavy atom. The Morgan fingerprint density at radius 1 is 1.27 bits per heavy atom. The number of carbonyl (C=O) groups excluding carboxylic acids is 1. The van der Waals surface area contributed by atoms with Crippen molar-refractivity contribution < 1.29 is 22.7 Å². The van der Waals surface area contributed by atoms with E-state index in [1.54, 1.807) is 24.5 Å². The molecule has 1 amide bonds. The van der Waals surface area contributed by atoms with E-state index in [1.807, 2.05) is 10.3 Å². The third kappa shape index (κ3) is 5.08. The first-order chi connectivity index (χ1) is 14.4. The fourth-order valence-electron chi connectivity index (χ4n) is 3.27. The van der Waals surface area contributed by atoms with E-state index in [0.717, 1.165) is 35.0 Å². The van der Waals surface area contributed by atoms with E-state index >= 15 is 0 Å². The van der Waals surface area contributed by atoms with Crippen molar-refractivity contribution in [2.45, 2.75) is 31.7 Å². The van der Waals surface area contributed by atoms with E-state index in [9.17, 15) is 18.0 Å². The van der Waals surface area contributed by atoms with Crippen LogP contribution in [0.5, 0.6) is 5.75 Å². The van der Waals surface area contributed by atoms with Crippen LogP contribution in [0.15, 0.2) is 42.0 Å². The summed E-state index contributed by atoms with van der Waals surface area (Å²) < 4.78 is 40.6.